The molecule has 0 aromatic rings. The first-order chi connectivity index (χ1) is 12.4. The van der Waals surface area contributed by atoms with Crippen LogP contribution in [-0.4, -0.2) is 94.2 Å². The minimum atomic E-state index is -4.16. The summed E-state index contributed by atoms with van der Waals surface area (Å²) in [6.07, 6.45) is 0.359. The summed E-state index contributed by atoms with van der Waals surface area (Å²) in [5.74, 6) is 0.739. The summed E-state index contributed by atoms with van der Waals surface area (Å²) in [5.41, 5.74) is 0. The van der Waals surface area contributed by atoms with Gasteiger partial charge in [-0.25, -0.2) is 0 Å². The number of aliphatic imine (C=N–C) groups is 1. The zero-order valence-electron chi connectivity index (χ0n) is 15.7. The van der Waals surface area contributed by atoms with Crippen LogP contribution in [0.3, 0.4) is 0 Å². The van der Waals surface area contributed by atoms with Crippen molar-refractivity contribution in [2.45, 2.75) is 44.1 Å². The zero-order chi connectivity index (χ0) is 19.0. The molecule has 2 aliphatic heterocycles. The van der Waals surface area contributed by atoms with Gasteiger partial charge in [0.2, 0.25) is 0 Å². The van der Waals surface area contributed by atoms with E-state index in [1.165, 1.54) is 11.9 Å². The van der Waals surface area contributed by atoms with Gasteiger partial charge in [0.05, 0.1) is 25.4 Å². The zero-order valence-corrected chi connectivity index (χ0v) is 15.7. The highest BCUT2D eigenvalue weighted by Crippen LogP contribution is 2.18. The van der Waals surface area contributed by atoms with Crippen LogP contribution in [0.1, 0.15) is 25.7 Å². The summed E-state index contributed by atoms with van der Waals surface area (Å²) < 4.78 is 48.5. The number of rotatable bonds is 7. The highest BCUT2D eigenvalue weighted by Gasteiger charge is 2.29. The Hall–Kier alpha value is -1.06. The Morgan fingerprint density at radius 3 is 2.62 bits per heavy atom. The fraction of sp³-hybridized carbons (Fsp3) is 0.941. The van der Waals surface area contributed by atoms with E-state index in [0.717, 1.165) is 51.3 Å². The number of likely N-dealkylation sites (N-methyl/N-ethyl adjacent to an activating group) is 1. The molecule has 0 saturated carbocycles. The Labute approximate surface area is 153 Å². The molecule has 2 aliphatic rings. The Kier molecular flexibility index (Phi) is 8.43. The van der Waals surface area contributed by atoms with Gasteiger partial charge in [-0.2, -0.15) is 13.2 Å². The Bertz CT molecular complexity index is 434. The number of hydrogen-bond acceptors (Lipinski definition) is 4. The van der Waals surface area contributed by atoms with Gasteiger partial charge in [0, 0.05) is 39.8 Å². The van der Waals surface area contributed by atoms with Crippen molar-refractivity contribution in [2.75, 3.05) is 60.0 Å². The second-order valence-electron chi connectivity index (χ2n) is 6.98. The van der Waals surface area contributed by atoms with Crippen LogP contribution >= 0.6 is 0 Å². The number of nitrogens with zero attached hydrogens (tertiary/aromatic N) is 3. The van der Waals surface area contributed by atoms with Crippen molar-refractivity contribution in [2.24, 2.45) is 4.99 Å². The van der Waals surface area contributed by atoms with Gasteiger partial charge in [-0.1, -0.05) is 0 Å². The molecule has 0 bridgehead atoms. The summed E-state index contributed by atoms with van der Waals surface area (Å²) in [7, 11) is 3.16. The molecule has 1 N–H and O–H groups in total. The second-order valence-corrected chi connectivity index (χ2v) is 6.98. The summed E-state index contributed by atoms with van der Waals surface area (Å²) in [6.45, 7) is 2.99. The van der Waals surface area contributed by atoms with Crippen LogP contribution < -0.4 is 5.32 Å². The van der Waals surface area contributed by atoms with Crippen molar-refractivity contribution in [1.29, 1.82) is 0 Å². The highest BCUT2D eigenvalue weighted by atomic mass is 19.4. The number of ether oxygens (including phenoxy) is 2. The van der Waals surface area contributed by atoms with Gasteiger partial charge in [-0.15, -0.1) is 0 Å². The molecule has 0 aliphatic carbocycles. The molecule has 9 heteroatoms. The molecule has 2 rings (SSSR count). The van der Waals surface area contributed by atoms with E-state index in [9.17, 15) is 13.2 Å². The van der Waals surface area contributed by atoms with Crippen LogP contribution in [0.4, 0.5) is 13.2 Å². The molecule has 2 saturated heterocycles. The molecule has 0 radical (unpaired) electrons. The van der Waals surface area contributed by atoms with Crippen molar-refractivity contribution in [1.82, 2.24) is 15.1 Å². The first-order valence-corrected chi connectivity index (χ1v) is 9.31. The summed E-state index contributed by atoms with van der Waals surface area (Å²) in [5, 5.41) is 3.15. The quantitative estimate of drug-likeness (QED) is 0.538. The van der Waals surface area contributed by atoms with Gasteiger partial charge in [0.1, 0.15) is 0 Å². The van der Waals surface area contributed by atoms with Crippen LogP contribution in [0.15, 0.2) is 4.99 Å². The summed E-state index contributed by atoms with van der Waals surface area (Å²) in [4.78, 5) is 7.64. The van der Waals surface area contributed by atoms with E-state index in [1.807, 2.05) is 0 Å². The van der Waals surface area contributed by atoms with Crippen LogP contribution in [-0.2, 0) is 9.47 Å². The lowest BCUT2D eigenvalue weighted by Gasteiger charge is -2.34. The number of halogens is 3. The number of guanidine groups is 1. The summed E-state index contributed by atoms with van der Waals surface area (Å²) in [6, 6.07) is 0. The molecular weight excluding hydrogens is 349 g/mol. The lowest BCUT2D eigenvalue weighted by Crippen LogP contribution is -2.48. The number of likely N-dealkylation sites (tertiary alicyclic amines) is 1. The molecule has 152 valence electrons. The smallest absolute Gasteiger partial charge is 0.376 e. The number of alkyl halides is 3. The molecule has 0 aromatic heterocycles. The number of piperidine rings is 1. The SMILES string of the molecule is CN=C(NCCN(C)CC(F)(F)F)N1CCC(OCC2CCCO2)CC1. The largest absolute Gasteiger partial charge is 0.401 e. The van der Waals surface area contributed by atoms with Gasteiger partial charge >= 0.3 is 6.18 Å². The minimum absolute atomic E-state index is 0.242. The number of hydrogen-bond donors (Lipinski definition) is 1. The molecule has 2 heterocycles. The molecule has 6 nitrogen and oxygen atoms in total. The average molecular weight is 380 g/mol. The maximum atomic E-state index is 12.3. The van der Waals surface area contributed by atoms with Gasteiger partial charge in [0.25, 0.3) is 0 Å². The van der Waals surface area contributed by atoms with E-state index in [0.29, 0.717) is 19.7 Å². The maximum Gasteiger partial charge on any atom is 0.401 e. The van der Waals surface area contributed by atoms with Gasteiger partial charge in [-0.3, -0.25) is 9.89 Å². The van der Waals surface area contributed by atoms with E-state index in [4.69, 9.17) is 9.47 Å². The average Bonchev–Trinajstić information content (AvgIpc) is 3.09. The first kappa shape index (κ1) is 21.2. The normalized spacial score (nSPS) is 23.1. The third kappa shape index (κ3) is 7.67. The van der Waals surface area contributed by atoms with Crippen LogP contribution in [0.25, 0.3) is 0 Å². The Morgan fingerprint density at radius 2 is 2.04 bits per heavy atom. The monoisotopic (exact) mass is 380 g/mol. The van der Waals surface area contributed by atoms with E-state index in [2.05, 4.69) is 15.2 Å². The van der Waals surface area contributed by atoms with Crippen molar-refractivity contribution >= 4 is 5.96 Å². The topological polar surface area (TPSA) is 49.3 Å². The van der Waals surface area contributed by atoms with E-state index >= 15 is 0 Å². The molecule has 26 heavy (non-hydrogen) atoms. The lowest BCUT2D eigenvalue weighted by atomic mass is 10.1. The second kappa shape index (κ2) is 10.3. The Morgan fingerprint density at radius 1 is 1.31 bits per heavy atom. The van der Waals surface area contributed by atoms with Crippen molar-refractivity contribution < 1.29 is 22.6 Å². The van der Waals surface area contributed by atoms with Crippen molar-refractivity contribution in [3.8, 4) is 0 Å². The predicted molar refractivity (Wildman–Crippen MR) is 94.4 cm³/mol. The van der Waals surface area contributed by atoms with Crippen LogP contribution in [0.2, 0.25) is 0 Å². The van der Waals surface area contributed by atoms with E-state index < -0.39 is 12.7 Å². The highest BCUT2D eigenvalue weighted by molar-refractivity contribution is 5.79. The van der Waals surface area contributed by atoms with E-state index in [-0.39, 0.29) is 12.2 Å². The van der Waals surface area contributed by atoms with Crippen LogP contribution in [0, 0.1) is 0 Å². The fourth-order valence-corrected chi connectivity index (χ4v) is 3.33. The molecular formula is C17H31F3N4O2. The fourth-order valence-electron chi connectivity index (χ4n) is 3.33. The standard InChI is InChI=1S/C17H31F3N4O2/c1-21-16(22-7-10-23(2)13-17(18,19)20)24-8-5-14(6-9-24)26-12-15-4-3-11-25-15/h14-15H,3-13H2,1-2H3,(H,21,22). The molecule has 0 spiro atoms. The molecule has 1 unspecified atom stereocenters. The minimum Gasteiger partial charge on any atom is -0.376 e. The molecule has 0 aromatic carbocycles. The van der Waals surface area contributed by atoms with Crippen molar-refractivity contribution in [3.63, 3.8) is 0 Å². The summed E-state index contributed by atoms with van der Waals surface area (Å²) >= 11 is 0. The molecule has 1 atom stereocenters. The molecule has 0 amide bonds. The number of nitrogens with one attached hydrogen (secondary N) is 1. The third-order valence-electron chi connectivity index (χ3n) is 4.72. The lowest BCUT2D eigenvalue weighted by molar-refractivity contribution is -0.142. The predicted octanol–water partition coefficient (Wildman–Crippen LogP) is 1.72. The van der Waals surface area contributed by atoms with Gasteiger partial charge < -0.3 is 19.7 Å². The van der Waals surface area contributed by atoms with Gasteiger partial charge in [0.15, 0.2) is 5.96 Å². The van der Waals surface area contributed by atoms with Crippen molar-refractivity contribution in [3.05, 3.63) is 0 Å². The van der Waals surface area contributed by atoms with Gasteiger partial charge in [-0.05, 0) is 32.7 Å². The van der Waals surface area contributed by atoms with E-state index in [1.54, 1.807) is 7.05 Å². The third-order valence-corrected chi connectivity index (χ3v) is 4.72. The maximum absolute atomic E-state index is 12.3. The van der Waals surface area contributed by atoms with Crippen LogP contribution in [0.5, 0.6) is 0 Å². The Balaban J connectivity index is 1.63. The molecule has 2 fully saturated rings. The first-order valence-electron chi connectivity index (χ1n) is 9.31.